The van der Waals surface area contributed by atoms with E-state index < -0.39 is 0 Å². The minimum atomic E-state index is 0.0620. The Bertz CT molecular complexity index is 452. The van der Waals surface area contributed by atoms with Crippen LogP contribution in [0.15, 0.2) is 18.2 Å². The van der Waals surface area contributed by atoms with E-state index in [0.29, 0.717) is 6.04 Å². The fourth-order valence-electron chi connectivity index (χ4n) is 3.49. The van der Waals surface area contributed by atoms with Crippen LogP contribution in [-0.2, 0) is 0 Å². The van der Waals surface area contributed by atoms with Crippen LogP contribution in [-0.4, -0.2) is 19.8 Å². The highest BCUT2D eigenvalue weighted by molar-refractivity contribution is 5.45. The molecular formula is C15H21NO2. The molecule has 1 unspecified atom stereocenters. The van der Waals surface area contributed by atoms with Gasteiger partial charge in [0.15, 0.2) is 0 Å². The summed E-state index contributed by atoms with van der Waals surface area (Å²) < 4.78 is 11.6. The molecule has 1 atom stereocenters. The lowest BCUT2D eigenvalue weighted by atomic mass is 9.67. The van der Waals surface area contributed by atoms with Crippen molar-refractivity contribution in [1.82, 2.24) is 5.32 Å². The molecule has 18 heavy (non-hydrogen) atoms. The number of methoxy groups -OCH3 is 1. The number of hydrogen-bond acceptors (Lipinski definition) is 3. The Labute approximate surface area is 108 Å². The number of ether oxygens (including phenoxy) is 2. The smallest absolute Gasteiger partial charge is 0.128 e. The van der Waals surface area contributed by atoms with Gasteiger partial charge in [0.2, 0.25) is 0 Å². The summed E-state index contributed by atoms with van der Waals surface area (Å²) in [5.74, 6) is 2.65. The van der Waals surface area contributed by atoms with E-state index in [2.05, 4.69) is 18.3 Å². The second kappa shape index (κ2) is 4.16. The van der Waals surface area contributed by atoms with Gasteiger partial charge in [-0.25, -0.2) is 0 Å². The van der Waals surface area contributed by atoms with Crippen molar-refractivity contribution in [2.24, 2.45) is 5.92 Å². The zero-order valence-corrected chi connectivity index (χ0v) is 11.3. The number of rotatable bonds is 2. The first-order valence-electron chi connectivity index (χ1n) is 6.70. The number of hydrogen-bond donors (Lipinski definition) is 1. The van der Waals surface area contributed by atoms with Gasteiger partial charge < -0.3 is 14.8 Å². The van der Waals surface area contributed by atoms with Crippen molar-refractivity contribution in [2.45, 2.75) is 37.8 Å². The molecule has 0 saturated heterocycles. The van der Waals surface area contributed by atoms with Crippen LogP contribution >= 0.6 is 0 Å². The fourth-order valence-corrected chi connectivity index (χ4v) is 3.49. The van der Waals surface area contributed by atoms with E-state index in [9.17, 15) is 0 Å². The summed E-state index contributed by atoms with van der Waals surface area (Å²) in [6.07, 6.45) is 3.41. The molecule has 1 saturated carbocycles. The second-order valence-electron chi connectivity index (χ2n) is 5.75. The van der Waals surface area contributed by atoms with E-state index >= 15 is 0 Å². The van der Waals surface area contributed by atoms with Gasteiger partial charge in [-0.15, -0.1) is 0 Å². The minimum Gasteiger partial charge on any atom is -0.497 e. The third kappa shape index (κ3) is 1.77. The number of benzene rings is 1. The maximum Gasteiger partial charge on any atom is 0.128 e. The Morgan fingerprint density at radius 3 is 2.72 bits per heavy atom. The molecule has 1 spiro atoms. The largest absolute Gasteiger partial charge is 0.497 e. The lowest BCUT2D eigenvalue weighted by Crippen LogP contribution is -2.52. The molecule has 1 heterocycles. The zero-order valence-electron chi connectivity index (χ0n) is 11.3. The van der Waals surface area contributed by atoms with Gasteiger partial charge in [-0.3, -0.25) is 0 Å². The molecule has 0 radical (unpaired) electrons. The van der Waals surface area contributed by atoms with Crippen LogP contribution in [0.1, 0.15) is 37.8 Å². The second-order valence-corrected chi connectivity index (χ2v) is 5.75. The molecule has 3 heteroatoms. The SMILES string of the molecule is CNC1CC2(CC(C)C2)Oc2cc(OC)ccc21. The molecule has 1 aromatic rings. The van der Waals surface area contributed by atoms with Gasteiger partial charge in [-0.1, -0.05) is 13.0 Å². The molecule has 1 aliphatic heterocycles. The van der Waals surface area contributed by atoms with Gasteiger partial charge in [-0.05, 0) is 31.9 Å². The molecule has 3 nitrogen and oxygen atoms in total. The van der Waals surface area contributed by atoms with Crippen LogP contribution in [0.3, 0.4) is 0 Å². The quantitative estimate of drug-likeness (QED) is 0.871. The van der Waals surface area contributed by atoms with Gasteiger partial charge in [0.1, 0.15) is 17.1 Å². The maximum absolute atomic E-state index is 6.28. The highest BCUT2D eigenvalue weighted by Gasteiger charge is 2.48. The number of fused-ring (bicyclic) bond motifs is 1. The normalized spacial score (nSPS) is 33.5. The van der Waals surface area contributed by atoms with Crippen molar-refractivity contribution in [3.8, 4) is 11.5 Å². The van der Waals surface area contributed by atoms with Crippen LogP contribution in [0.2, 0.25) is 0 Å². The lowest BCUT2D eigenvalue weighted by molar-refractivity contribution is -0.0685. The predicted octanol–water partition coefficient (Wildman–Crippen LogP) is 2.91. The first kappa shape index (κ1) is 11.8. The third-order valence-electron chi connectivity index (χ3n) is 4.29. The standard InChI is InChI=1S/C15H21NO2/c1-10-7-15(8-10)9-13(16-2)12-5-4-11(17-3)6-14(12)18-15/h4-6,10,13,16H,7-9H2,1-3H3. The van der Waals surface area contributed by atoms with Crippen LogP contribution in [0, 0.1) is 5.92 Å². The Morgan fingerprint density at radius 2 is 2.11 bits per heavy atom. The summed E-state index contributed by atoms with van der Waals surface area (Å²) in [4.78, 5) is 0. The Morgan fingerprint density at radius 1 is 1.33 bits per heavy atom. The molecule has 98 valence electrons. The van der Waals surface area contributed by atoms with Crippen molar-refractivity contribution in [2.75, 3.05) is 14.2 Å². The summed E-state index contributed by atoms with van der Waals surface area (Å²) in [5.41, 5.74) is 1.32. The zero-order chi connectivity index (χ0) is 12.8. The van der Waals surface area contributed by atoms with Crippen molar-refractivity contribution in [1.29, 1.82) is 0 Å². The van der Waals surface area contributed by atoms with Gasteiger partial charge in [-0.2, -0.15) is 0 Å². The van der Waals surface area contributed by atoms with Crippen LogP contribution in [0.25, 0.3) is 0 Å². The lowest BCUT2D eigenvalue weighted by Gasteiger charge is -2.51. The van der Waals surface area contributed by atoms with E-state index in [-0.39, 0.29) is 5.60 Å². The summed E-state index contributed by atoms with van der Waals surface area (Å²) in [6.45, 7) is 2.30. The summed E-state index contributed by atoms with van der Waals surface area (Å²) in [5, 5.41) is 3.41. The summed E-state index contributed by atoms with van der Waals surface area (Å²) in [7, 11) is 3.72. The molecule has 1 N–H and O–H groups in total. The minimum absolute atomic E-state index is 0.0620. The van der Waals surface area contributed by atoms with Crippen molar-refractivity contribution >= 4 is 0 Å². The van der Waals surface area contributed by atoms with Crippen molar-refractivity contribution in [3.63, 3.8) is 0 Å². The van der Waals surface area contributed by atoms with Gasteiger partial charge in [0, 0.05) is 24.1 Å². The molecule has 0 bridgehead atoms. The average molecular weight is 247 g/mol. The molecule has 1 fully saturated rings. The monoisotopic (exact) mass is 247 g/mol. The van der Waals surface area contributed by atoms with E-state index in [1.807, 2.05) is 19.2 Å². The first-order chi connectivity index (χ1) is 8.65. The molecular weight excluding hydrogens is 226 g/mol. The Balaban J connectivity index is 1.95. The van der Waals surface area contributed by atoms with E-state index in [4.69, 9.17) is 9.47 Å². The van der Waals surface area contributed by atoms with Crippen LogP contribution in [0.5, 0.6) is 11.5 Å². The van der Waals surface area contributed by atoms with E-state index in [1.54, 1.807) is 7.11 Å². The van der Waals surface area contributed by atoms with Crippen molar-refractivity contribution in [3.05, 3.63) is 23.8 Å². The molecule has 1 aromatic carbocycles. The highest BCUT2D eigenvalue weighted by atomic mass is 16.5. The molecule has 3 rings (SSSR count). The first-order valence-corrected chi connectivity index (χ1v) is 6.70. The Kier molecular flexibility index (Phi) is 2.74. The maximum atomic E-state index is 6.28. The van der Waals surface area contributed by atoms with Crippen molar-refractivity contribution < 1.29 is 9.47 Å². The highest BCUT2D eigenvalue weighted by Crippen LogP contribution is 2.51. The van der Waals surface area contributed by atoms with Gasteiger partial charge in [0.25, 0.3) is 0 Å². The third-order valence-corrected chi connectivity index (χ3v) is 4.29. The molecule has 0 aromatic heterocycles. The molecule has 0 amide bonds. The van der Waals surface area contributed by atoms with Crippen LogP contribution in [0.4, 0.5) is 0 Å². The van der Waals surface area contributed by atoms with E-state index in [1.165, 1.54) is 18.4 Å². The average Bonchev–Trinajstić information content (AvgIpc) is 2.35. The fraction of sp³-hybridized carbons (Fsp3) is 0.600. The summed E-state index contributed by atoms with van der Waals surface area (Å²) in [6, 6.07) is 6.54. The van der Waals surface area contributed by atoms with E-state index in [0.717, 1.165) is 23.8 Å². The van der Waals surface area contributed by atoms with Gasteiger partial charge in [0.05, 0.1) is 7.11 Å². The number of nitrogens with one attached hydrogen (secondary N) is 1. The van der Waals surface area contributed by atoms with Gasteiger partial charge >= 0.3 is 0 Å². The Hall–Kier alpha value is -1.22. The summed E-state index contributed by atoms with van der Waals surface area (Å²) >= 11 is 0. The predicted molar refractivity (Wildman–Crippen MR) is 71.2 cm³/mol. The topological polar surface area (TPSA) is 30.5 Å². The molecule has 1 aliphatic carbocycles. The van der Waals surface area contributed by atoms with Crippen LogP contribution < -0.4 is 14.8 Å². The molecule has 2 aliphatic rings.